The first-order valence-electron chi connectivity index (χ1n) is 6.11. The van der Waals surface area contributed by atoms with Gasteiger partial charge >= 0.3 is 0 Å². The van der Waals surface area contributed by atoms with Crippen LogP contribution in [0.5, 0.6) is 0 Å². The SMILES string of the molecule is O/N=C(/C(=NCc1ccccc1)NO)c1ccccc1. The third-order valence-corrected chi connectivity index (χ3v) is 2.74. The Bertz CT molecular complexity index is 595. The highest BCUT2D eigenvalue weighted by Crippen LogP contribution is 2.05. The van der Waals surface area contributed by atoms with Gasteiger partial charge < -0.3 is 5.21 Å². The van der Waals surface area contributed by atoms with E-state index in [4.69, 9.17) is 5.21 Å². The van der Waals surface area contributed by atoms with Crippen LogP contribution in [0.15, 0.2) is 70.8 Å². The summed E-state index contributed by atoms with van der Waals surface area (Å²) in [6.07, 6.45) is 0. The van der Waals surface area contributed by atoms with Crippen molar-refractivity contribution in [1.29, 1.82) is 0 Å². The van der Waals surface area contributed by atoms with Crippen LogP contribution in [0.2, 0.25) is 0 Å². The standard InChI is InChI=1S/C15H15N3O2/c19-17-14(13-9-5-2-6-10-13)15(18-20)16-11-12-7-3-1-4-8-12/h1-10,19-20H,11H2,(H,16,18)/b17-14+. The molecule has 0 amide bonds. The summed E-state index contributed by atoms with van der Waals surface area (Å²) in [6, 6.07) is 18.6. The quantitative estimate of drug-likeness (QED) is 0.345. The average molecular weight is 269 g/mol. The summed E-state index contributed by atoms with van der Waals surface area (Å²) in [7, 11) is 0. The number of hydroxylamine groups is 1. The number of oxime groups is 1. The Morgan fingerprint density at radius 3 is 2.10 bits per heavy atom. The van der Waals surface area contributed by atoms with Crippen LogP contribution in [0.3, 0.4) is 0 Å². The fourth-order valence-corrected chi connectivity index (χ4v) is 1.75. The largest absolute Gasteiger partial charge is 0.410 e. The minimum atomic E-state index is 0.113. The summed E-state index contributed by atoms with van der Waals surface area (Å²) >= 11 is 0. The highest BCUT2D eigenvalue weighted by atomic mass is 16.5. The fourth-order valence-electron chi connectivity index (χ4n) is 1.75. The minimum Gasteiger partial charge on any atom is -0.410 e. The van der Waals surface area contributed by atoms with E-state index in [9.17, 15) is 5.21 Å². The normalized spacial score (nSPS) is 12.2. The number of nitrogens with one attached hydrogen (secondary N) is 1. The van der Waals surface area contributed by atoms with Crippen LogP contribution in [0.25, 0.3) is 0 Å². The molecule has 3 N–H and O–H groups in total. The smallest absolute Gasteiger partial charge is 0.175 e. The molecule has 0 saturated heterocycles. The first-order chi connectivity index (χ1) is 9.85. The summed E-state index contributed by atoms with van der Waals surface area (Å²) in [6.45, 7) is 0.371. The third kappa shape index (κ3) is 3.43. The predicted molar refractivity (Wildman–Crippen MR) is 77.3 cm³/mol. The maximum Gasteiger partial charge on any atom is 0.175 e. The van der Waals surface area contributed by atoms with Crippen LogP contribution in [-0.2, 0) is 6.54 Å². The number of amidine groups is 1. The van der Waals surface area contributed by atoms with Crippen LogP contribution in [-0.4, -0.2) is 22.0 Å². The van der Waals surface area contributed by atoms with E-state index in [0.717, 1.165) is 5.56 Å². The van der Waals surface area contributed by atoms with Crippen molar-refractivity contribution < 1.29 is 10.4 Å². The summed E-state index contributed by atoms with van der Waals surface area (Å²) in [4.78, 5) is 4.22. The zero-order chi connectivity index (χ0) is 14.2. The summed E-state index contributed by atoms with van der Waals surface area (Å²) in [5.74, 6) is 0.113. The Labute approximate surface area is 116 Å². The Balaban J connectivity index is 2.22. The lowest BCUT2D eigenvalue weighted by Gasteiger charge is -2.07. The van der Waals surface area contributed by atoms with Gasteiger partial charge in [0.2, 0.25) is 0 Å². The second kappa shape index (κ2) is 7.06. The molecule has 2 rings (SSSR count). The van der Waals surface area contributed by atoms with E-state index in [2.05, 4.69) is 10.1 Å². The molecule has 0 aliphatic rings. The molecule has 102 valence electrons. The van der Waals surface area contributed by atoms with Crippen LogP contribution in [0.4, 0.5) is 0 Å². The Kier molecular flexibility index (Phi) is 4.86. The van der Waals surface area contributed by atoms with Crippen LogP contribution in [0.1, 0.15) is 11.1 Å². The summed E-state index contributed by atoms with van der Waals surface area (Å²) < 4.78 is 0. The molecule has 0 atom stereocenters. The van der Waals surface area contributed by atoms with Gasteiger partial charge in [0.05, 0.1) is 6.54 Å². The molecule has 0 fully saturated rings. The molecule has 2 aromatic carbocycles. The fraction of sp³-hybridized carbons (Fsp3) is 0.0667. The Hall–Kier alpha value is -2.66. The first-order valence-corrected chi connectivity index (χ1v) is 6.11. The van der Waals surface area contributed by atoms with Crippen LogP contribution in [0, 0.1) is 0 Å². The Morgan fingerprint density at radius 2 is 1.55 bits per heavy atom. The lowest BCUT2D eigenvalue weighted by molar-refractivity contribution is 0.235. The molecule has 0 saturated carbocycles. The van der Waals surface area contributed by atoms with Gasteiger partial charge in [0.1, 0.15) is 0 Å². The van der Waals surface area contributed by atoms with E-state index >= 15 is 0 Å². The zero-order valence-electron chi connectivity index (χ0n) is 10.8. The minimum absolute atomic E-state index is 0.113. The van der Waals surface area contributed by atoms with Gasteiger partial charge in [-0.05, 0) is 5.56 Å². The third-order valence-electron chi connectivity index (χ3n) is 2.74. The van der Waals surface area contributed by atoms with Gasteiger partial charge in [-0.15, -0.1) is 0 Å². The molecule has 0 unspecified atom stereocenters. The van der Waals surface area contributed by atoms with E-state index < -0.39 is 0 Å². The van der Waals surface area contributed by atoms with Crippen molar-refractivity contribution in [1.82, 2.24) is 5.48 Å². The van der Waals surface area contributed by atoms with Crippen molar-refractivity contribution in [3.63, 3.8) is 0 Å². The maximum absolute atomic E-state index is 9.19. The number of rotatable bonds is 4. The van der Waals surface area contributed by atoms with E-state index in [-0.39, 0.29) is 11.5 Å². The van der Waals surface area contributed by atoms with E-state index in [1.807, 2.05) is 54.0 Å². The van der Waals surface area contributed by atoms with Crippen molar-refractivity contribution >= 4 is 11.5 Å². The monoisotopic (exact) mass is 269 g/mol. The van der Waals surface area contributed by atoms with E-state index in [1.165, 1.54) is 0 Å². The topological polar surface area (TPSA) is 77.2 Å². The van der Waals surface area contributed by atoms with Crippen molar-refractivity contribution in [2.24, 2.45) is 10.1 Å². The van der Waals surface area contributed by atoms with Gasteiger partial charge in [0.15, 0.2) is 11.5 Å². The van der Waals surface area contributed by atoms with Crippen molar-refractivity contribution in [2.75, 3.05) is 0 Å². The second-order valence-electron chi connectivity index (χ2n) is 4.08. The van der Waals surface area contributed by atoms with Gasteiger partial charge in [-0.3, -0.25) is 15.7 Å². The highest BCUT2D eigenvalue weighted by molar-refractivity contribution is 6.47. The highest BCUT2D eigenvalue weighted by Gasteiger charge is 2.11. The number of hydrogen-bond acceptors (Lipinski definition) is 4. The molecule has 0 spiro atoms. The number of benzene rings is 2. The van der Waals surface area contributed by atoms with Crippen LogP contribution >= 0.6 is 0 Å². The molecule has 2 aromatic rings. The van der Waals surface area contributed by atoms with Gasteiger partial charge in [0, 0.05) is 5.56 Å². The average Bonchev–Trinajstić information content (AvgIpc) is 2.53. The molecule has 0 aliphatic heterocycles. The second-order valence-corrected chi connectivity index (χ2v) is 4.08. The summed E-state index contributed by atoms with van der Waals surface area (Å²) in [5, 5.41) is 21.5. The zero-order valence-corrected chi connectivity index (χ0v) is 10.8. The van der Waals surface area contributed by atoms with Crippen molar-refractivity contribution in [2.45, 2.75) is 6.54 Å². The lowest BCUT2D eigenvalue weighted by Crippen LogP contribution is -2.29. The van der Waals surface area contributed by atoms with Crippen molar-refractivity contribution in [3.8, 4) is 0 Å². The van der Waals surface area contributed by atoms with Crippen LogP contribution < -0.4 is 5.48 Å². The summed E-state index contributed by atoms with van der Waals surface area (Å²) in [5.41, 5.74) is 3.81. The van der Waals surface area contributed by atoms with E-state index in [0.29, 0.717) is 12.1 Å². The number of aliphatic imine (C=N–C) groups is 1. The molecule has 0 aromatic heterocycles. The molecule has 0 radical (unpaired) electrons. The molecular weight excluding hydrogens is 254 g/mol. The van der Waals surface area contributed by atoms with Gasteiger partial charge in [0.25, 0.3) is 0 Å². The molecule has 5 nitrogen and oxygen atoms in total. The van der Waals surface area contributed by atoms with E-state index in [1.54, 1.807) is 12.1 Å². The number of hydrogen-bond donors (Lipinski definition) is 3. The first kappa shape index (κ1) is 13.8. The van der Waals surface area contributed by atoms with Gasteiger partial charge in [-0.2, -0.15) is 0 Å². The lowest BCUT2D eigenvalue weighted by atomic mass is 10.1. The molecule has 5 heteroatoms. The molecule has 20 heavy (non-hydrogen) atoms. The molecular formula is C15H15N3O2. The van der Waals surface area contributed by atoms with Crippen molar-refractivity contribution in [3.05, 3.63) is 71.8 Å². The predicted octanol–water partition coefficient (Wildman–Crippen LogP) is 2.44. The van der Waals surface area contributed by atoms with Gasteiger partial charge in [-0.1, -0.05) is 65.8 Å². The molecule has 0 heterocycles. The number of nitrogens with zero attached hydrogens (tertiary/aromatic N) is 2. The molecule has 0 bridgehead atoms. The molecule has 0 aliphatic carbocycles. The Morgan fingerprint density at radius 1 is 0.950 bits per heavy atom. The van der Waals surface area contributed by atoms with Gasteiger partial charge in [-0.25, -0.2) is 0 Å². The maximum atomic E-state index is 9.19.